The zero-order chi connectivity index (χ0) is 32.1. The fourth-order valence-corrected chi connectivity index (χ4v) is 8.46. The molecule has 0 amide bonds. The molecule has 3 heteroatoms. The molecule has 49 heavy (non-hydrogen) atoms. The minimum Gasteiger partial charge on any atom is -0.456 e. The van der Waals surface area contributed by atoms with Crippen LogP contribution in [0.2, 0.25) is 0 Å². The van der Waals surface area contributed by atoms with Crippen LogP contribution >= 0.6 is 0 Å². The van der Waals surface area contributed by atoms with Gasteiger partial charge in [0.05, 0.1) is 11.0 Å². The van der Waals surface area contributed by atoms with Gasteiger partial charge < -0.3 is 13.6 Å². The van der Waals surface area contributed by atoms with Crippen molar-refractivity contribution in [2.45, 2.75) is 13.1 Å². The van der Waals surface area contributed by atoms with Crippen LogP contribution in [0.4, 0.5) is 0 Å². The Morgan fingerprint density at radius 2 is 0.898 bits per heavy atom. The molecule has 0 aliphatic heterocycles. The van der Waals surface area contributed by atoms with Crippen molar-refractivity contribution in [2.75, 3.05) is 0 Å². The van der Waals surface area contributed by atoms with Crippen LogP contribution in [0.1, 0.15) is 11.1 Å². The molecule has 230 valence electrons. The molecule has 3 nitrogen and oxygen atoms in total. The molecule has 0 bridgehead atoms. The standard InChI is InChI=1S/C46H30N2O/c1-3-11-29(12-4-1)27-47-37-17-9-7-15-33(37)44-35-26-36-42(25-32(35)20-23-39(44)47)49-41-24-21-31-19-22-40-45(43(31)46(36)41)34-16-8-10-18-38(34)48(40)28-30-13-5-2-6-14-30/h1-26H,27-28H2. The van der Waals surface area contributed by atoms with E-state index in [1.165, 1.54) is 81.7 Å². The van der Waals surface area contributed by atoms with Gasteiger partial charge in [-0.3, -0.25) is 0 Å². The number of benzene rings is 8. The highest BCUT2D eigenvalue weighted by atomic mass is 16.3. The van der Waals surface area contributed by atoms with Gasteiger partial charge in [0.1, 0.15) is 11.2 Å². The Kier molecular flexibility index (Phi) is 5.50. The topological polar surface area (TPSA) is 23.0 Å². The number of rotatable bonds is 4. The van der Waals surface area contributed by atoms with Crippen molar-refractivity contribution in [3.63, 3.8) is 0 Å². The SMILES string of the molecule is c1ccc(Cn2c3ccccc3c3c4cc5c(cc4ccc32)oc2ccc3ccc4c(c6ccccc6n4Cc4ccccc4)c3c25)cc1. The van der Waals surface area contributed by atoms with Gasteiger partial charge in [-0.25, -0.2) is 0 Å². The van der Waals surface area contributed by atoms with Crippen molar-refractivity contribution in [2.24, 2.45) is 0 Å². The maximum Gasteiger partial charge on any atom is 0.136 e. The summed E-state index contributed by atoms with van der Waals surface area (Å²) in [6.07, 6.45) is 0. The molecule has 0 radical (unpaired) electrons. The van der Waals surface area contributed by atoms with E-state index >= 15 is 0 Å². The van der Waals surface area contributed by atoms with Crippen molar-refractivity contribution in [3.05, 3.63) is 169 Å². The Morgan fingerprint density at radius 1 is 0.347 bits per heavy atom. The largest absolute Gasteiger partial charge is 0.456 e. The van der Waals surface area contributed by atoms with E-state index in [1.54, 1.807) is 0 Å². The number of para-hydroxylation sites is 2. The molecule has 0 saturated heterocycles. The first-order valence-corrected chi connectivity index (χ1v) is 17.0. The Morgan fingerprint density at radius 3 is 1.57 bits per heavy atom. The Bertz CT molecular complexity index is 3090. The van der Waals surface area contributed by atoms with Crippen LogP contribution in [-0.2, 0) is 13.1 Å². The van der Waals surface area contributed by atoms with E-state index in [4.69, 9.17) is 4.42 Å². The summed E-state index contributed by atoms with van der Waals surface area (Å²) >= 11 is 0. The molecular formula is C46H30N2O. The van der Waals surface area contributed by atoms with Crippen LogP contribution in [0.5, 0.6) is 0 Å². The first-order chi connectivity index (χ1) is 24.3. The lowest BCUT2D eigenvalue weighted by atomic mass is 9.96. The van der Waals surface area contributed by atoms with Gasteiger partial charge in [0.25, 0.3) is 0 Å². The van der Waals surface area contributed by atoms with E-state index in [2.05, 4.69) is 167 Å². The predicted octanol–water partition coefficient (Wildman–Crippen LogP) is 12.2. The highest BCUT2D eigenvalue weighted by Crippen LogP contribution is 2.44. The van der Waals surface area contributed by atoms with E-state index in [0.717, 1.165) is 29.6 Å². The summed E-state index contributed by atoms with van der Waals surface area (Å²) in [4.78, 5) is 0. The van der Waals surface area contributed by atoms with Crippen molar-refractivity contribution in [1.82, 2.24) is 9.13 Å². The summed E-state index contributed by atoms with van der Waals surface area (Å²) in [6.45, 7) is 1.64. The summed E-state index contributed by atoms with van der Waals surface area (Å²) in [5, 5.41) is 12.4. The molecule has 11 rings (SSSR count). The molecule has 0 aliphatic carbocycles. The summed E-state index contributed by atoms with van der Waals surface area (Å²) in [6, 6.07) is 57.4. The second-order valence-corrected chi connectivity index (χ2v) is 13.3. The molecule has 3 heterocycles. The smallest absolute Gasteiger partial charge is 0.136 e. The highest BCUT2D eigenvalue weighted by molar-refractivity contribution is 6.33. The van der Waals surface area contributed by atoms with Crippen LogP contribution in [-0.4, -0.2) is 9.13 Å². The molecule has 0 N–H and O–H groups in total. The number of aromatic nitrogens is 2. The van der Waals surface area contributed by atoms with E-state index in [9.17, 15) is 0 Å². The Labute approximate surface area is 281 Å². The molecular weight excluding hydrogens is 597 g/mol. The third-order valence-corrected chi connectivity index (χ3v) is 10.6. The minimum atomic E-state index is 0.814. The van der Waals surface area contributed by atoms with E-state index < -0.39 is 0 Å². The van der Waals surface area contributed by atoms with Crippen LogP contribution in [0, 0.1) is 0 Å². The van der Waals surface area contributed by atoms with Crippen LogP contribution in [0.15, 0.2) is 162 Å². The van der Waals surface area contributed by atoms with E-state index in [0.29, 0.717) is 0 Å². The first kappa shape index (κ1) is 26.7. The Balaban J connectivity index is 1.25. The average molecular weight is 627 g/mol. The summed E-state index contributed by atoms with van der Waals surface area (Å²) in [7, 11) is 0. The maximum atomic E-state index is 6.70. The Hall–Kier alpha value is -6.32. The number of hydrogen-bond donors (Lipinski definition) is 0. The van der Waals surface area contributed by atoms with Gasteiger partial charge in [0.15, 0.2) is 0 Å². The highest BCUT2D eigenvalue weighted by Gasteiger charge is 2.20. The second kappa shape index (κ2) is 10.1. The van der Waals surface area contributed by atoms with Gasteiger partial charge in [-0.05, 0) is 69.8 Å². The lowest BCUT2D eigenvalue weighted by Gasteiger charge is -2.09. The summed E-state index contributed by atoms with van der Waals surface area (Å²) in [5.74, 6) is 0. The van der Waals surface area contributed by atoms with Crippen LogP contribution in [0.25, 0.3) is 87.1 Å². The average Bonchev–Trinajstić information content (AvgIpc) is 3.79. The molecule has 0 saturated carbocycles. The van der Waals surface area contributed by atoms with Gasteiger partial charge in [-0.1, -0.05) is 115 Å². The third kappa shape index (κ3) is 3.84. The monoisotopic (exact) mass is 626 g/mol. The molecule has 0 spiro atoms. The number of nitrogens with zero attached hydrogens (tertiary/aromatic N) is 2. The lowest BCUT2D eigenvalue weighted by Crippen LogP contribution is -1.98. The number of hydrogen-bond acceptors (Lipinski definition) is 1. The van der Waals surface area contributed by atoms with Gasteiger partial charge in [0.2, 0.25) is 0 Å². The predicted molar refractivity (Wildman–Crippen MR) is 206 cm³/mol. The van der Waals surface area contributed by atoms with Gasteiger partial charge >= 0.3 is 0 Å². The third-order valence-electron chi connectivity index (χ3n) is 10.6. The zero-order valence-electron chi connectivity index (χ0n) is 26.7. The van der Waals surface area contributed by atoms with Gasteiger partial charge in [-0.2, -0.15) is 0 Å². The van der Waals surface area contributed by atoms with Gasteiger partial charge in [-0.15, -0.1) is 0 Å². The summed E-state index contributed by atoms with van der Waals surface area (Å²) in [5.41, 5.74) is 9.43. The van der Waals surface area contributed by atoms with Crippen molar-refractivity contribution in [3.8, 4) is 0 Å². The van der Waals surface area contributed by atoms with Crippen molar-refractivity contribution < 1.29 is 4.42 Å². The van der Waals surface area contributed by atoms with E-state index in [1.807, 2.05) is 0 Å². The molecule has 0 fully saturated rings. The fraction of sp³-hybridized carbons (Fsp3) is 0.0435. The maximum absolute atomic E-state index is 6.70. The zero-order valence-corrected chi connectivity index (χ0v) is 26.7. The summed E-state index contributed by atoms with van der Waals surface area (Å²) < 4.78 is 11.6. The quantitative estimate of drug-likeness (QED) is 0.191. The van der Waals surface area contributed by atoms with E-state index in [-0.39, 0.29) is 0 Å². The minimum absolute atomic E-state index is 0.814. The molecule has 0 unspecified atom stereocenters. The molecule has 0 atom stereocenters. The molecule has 0 aliphatic rings. The van der Waals surface area contributed by atoms with Crippen LogP contribution in [0.3, 0.4) is 0 Å². The lowest BCUT2D eigenvalue weighted by molar-refractivity contribution is 0.670. The first-order valence-electron chi connectivity index (χ1n) is 17.0. The molecule has 3 aromatic heterocycles. The fourth-order valence-electron chi connectivity index (χ4n) is 8.46. The normalized spacial score (nSPS) is 12.2. The van der Waals surface area contributed by atoms with Gasteiger partial charge in [0, 0.05) is 61.8 Å². The number of fused-ring (bicyclic) bond motifs is 14. The molecule has 11 aromatic rings. The van der Waals surface area contributed by atoms with Crippen molar-refractivity contribution >= 4 is 87.1 Å². The number of furan rings is 1. The van der Waals surface area contributed by atoms with Crippen molar-refractivity contribution in [1.29, 1.82) is 0 Å². The molecule has 8 aromatic carbocycles. The van der Waals surface area contributed by atoms with Crippen LogP contribution < -0.4 is 0 Å². The second-order valence-electron chi connectivity index (χ2n) is 13.3.